The van der Waals surface area contributed by atoms with E-state index in [-0.39, 0.29) is 5.91 Å². The van der Waals surface area contributed by atoms with E-state index < -0.39 is 0 Å². The Hall–Kier alpha value is -0.970. The first-order valence-corrected chi connectivity index (χ1v) is 7.92. The summed E-state index contributed by atoms with van der Waals surface area (Å²) in [6, 6.07) is 4.14. The van der Waals surface area contributed by atoms with E-state index in [0.29, 0.717) is 33.4 Å². The molecule has 0 radical (unpaired) electrons. The van der Waals surface area contributed by atoms with E-state index in [1.54, 1.807) is 12.1 Å². The molecule has 0 aliphatic carbocycles. The number of rotatable bonds is 2. The molecule has 2 heterocycles. The Kier molecular flexibility index (Phi) is 4.29. The molecular formula is C15H18Cl2N2O2. The van der Waals surface area contributed by atoms with Crippen molar-refractivity contribution in [2.45, 2.75) is 31.3 Å². The van der Waals surface area contributed by atoms with Gasteiger partial charge in [-0.3, -0.25) is 4.79 Å². The van der Waals surface area contributed by atoms with Gasteiger partial charge in [0.05, 0.1) is 22.7 Å². The molecule has 2 fully saturated rings. The molecule has 4 nitrogen and oxygen atoms in total. The molecule has 114 valence electrons. The molecule has 2 aliphatic heterocycles. The van der Waals surface area contributed by atoms with Crippen molar-refractivity contribution >= 4 is 29.1 Å². The molecule has 2 saturated heterocycles. The number of fused-ring (bicyclic) bond motifs is 2. The first kappa shape index (κ1) is 14.9. The third-order valence-corrected chi connectivity index (χ3v) is 5.01. The molecule has 1 N–H and O–H groups in total. The van der Waals surface area contributed by atoms with Gasteiger partial charge in [0.25, 0.3) is 5.91 Å². The number of nitrogens with one attached hydrogen (secondary N) is 1. The van der Waals surface area contributed by atoms with Gasteiger partial charge in [0, 0.05) is 31.2 Å². The zero-order valence-electron chi connectivity index (χ0n) is 11.9. The highest BCUT2D eigenvalue weighted by atomic mass is 35.5. The van der Waals surface area contributed by atoms with Crippen LogP contribution in [-0.4, -0.2) is 43.1 Å². The van der Waals surface area contributed by atoms with Gasteiger partial charge in [-0.1, -0.05) is 23.2 Å². The zero-order chi connectivity index (χ0) is 15.0. The number of ether oxygens (including phenoxy) is 1. The lowest BCUT2D eigenvalue weighted by Crippen LogP contribution is -2.39. The minimum atomic E-state index is -0.0419. The van der Waals surface area contributed by atoms with Crippen LogP contribution < -0.4 is 10.1 Å². The summed E-state index contributed by atoms with van der Waals surface area (Å²) in [4.78, 5) is 14.7. The fourth-order valence-corrected chi connectivity index (χ4v) is 3.48. The lowest BCUT2D eigenvalue weighted by atomic mass is 10.1. The summed E-state index contributed by atoms with van der Waals surface area (Å²) < 4.78 is 5.28. The lowest BCUT2D eigenvalue weighted by Gasteiger charge is -2.25. The van der Waals surface area contributed by atoms with Crippen molar-refractivity contribution in [3.05, 3.63) is 27.7 Å². The Morgan fingerprint density at radius 3 is 2.71 bits per heavy atom. The molecule has 0 spiro atoms. The SMILES string of the molecule is COc1cc(Cl)c(Cl)cc1C(=O)N1CCC2CCC(C1)N2. The van der Waals surface area contributed by atoms with Crippen LogP contribution in [0.2, 0.25) is 10.0 Å². The van der Waals surface area contributed by atoms with Crippen LogP contribution in [0, 0.1) is 0 Å². The molecule has 6 heteroatoms. The number of carbonyl (C=O) groups excluding carboxylic acids is 1. The van der Waals surface area contributed by atoms with Crippen molar-refractivity contribution in [2.24, 2.45) is 0 Å². The standard InChI is InChI=1S/C15H18Cl2N2O2/c1-21-14-7-13(17)12(16)6-11(14)15(20)19-5-4-9-2-3-10(8-19)18-9/h6-7,9-10,18H,2-5,8H2,1H3. The van der Waals surface area contributed by atoms with Crippen LogP contribution in [0.1, 0.15) is 29.6 Å². The average Bonchev–Trinajstić information content (AvgIpc) is 2.80. The molecule has 2 aliphatic rings. The van der Waals surface area contributed by atoms with Gasteiger partial charge in [-0.15, -0.1) is 0 Å². The van der Waals surface area contributed by atoms with Crippen LogP contribution in [0.25, 0.3) is 0 Å². The van der Waals surface area contributed by atoms with Crippen molar-refractivity contribution in [2.75, 3.05) is 20.2 Å². The largest absolute Gasteiger partial charge is 0.496 e. The zero-order valence-corrected chi connectivity index (χ0v) is 13.4. The molecule has 1 aromatic rings. The third-order valence-electron chi connectivity index (χ3n) is 4.28. The van der Waals surface area contributed by atoms with Gasteiger partial charge in [0.15, 0.2) is 0 Å². The molecule has 21 heavy (non-hydrogen) atoms. The number of carbonyl (C=O) groups is 1. The third kappa shape index (κ3) is 2.98. The Labute approximate surface area is 134 Å². The quantitative estimate of drug-likeness (QED) is 0.907. The molecule has 2 bridgehead atoms. The number of benzene rings is 1. The number of nitrogens with zero attached hydrogens (tertiary/aromatic N) is 1. The highest BCUT2D eigenvalue weighted by molar-refractivity contribution is 6.42. The van der Waals surface area contributed by atoms with Crippen LogP contribution in [-0.2, 0) is 0 Å². The maximum atomic E-state index is 12.8. The predicted octanol–water partition coefficient (Wildman–Crippen LogP) is 2.97. The van der Waals surface area contributed by atoms with Crippen molar-refractivity contribution < 1.29 is 9.53 Å². The average molecular weight is 329 g/mol. The lowest BCUT2D eigenvalue weighted by molar-refractivity contribution is 0.0745. The summed E-state index contributed by atoms with van der Waals surface area (Å²) in [7, 11) is 1.53. The van der Waals surface area contributed by atoms with Gasteiger partial charge in [-0.25, -0.2) is 0 Å². The van der Waals surface area contributed by atoms with Crippen LogP contribution in [0.3, 0.4) is 0 Å². The first-order chi connectivity index (χ1) is 10.1. The Morgan fingerprint density at radius 1 is 1.24 bits per heavy atom. The highest BCUT2D eigenvalue weighted by Gasteiger charge is 2.32. The minimum Gasteiger partial charge on any atom is -0.496 e. The van der Waals surface area contributed by atoms with E-state index >= 15 is 0 Å². The smallest absolute Gasteiger partial charge is 0.257 e. The van der Waals surface area contributed by atoms with Gasteiger partial charge < -0.3 is 15.0 Å². The van der Waals surface area contributed by atoms with Gasteiger partial charge >= 0.3 is 0 Å². The summed E-state index contributed by atoms with van der Waals surface area (Å²) >= 11 is 12.0. The number of hydrogen-bond acceptors (Lipinski definition) is 3. The maximum absolute atomic E-state index is 12.8. The normalized spacial score (nSPS) is 24.8. The second kappa shape index (κ2) is 6.03. The summed E-state index contributed by atoms with van der Waals surface area (Å²) in [5, 5.41) is 4.33. The summed E-state index contributed by atoms with van der Waals surface area (Å²) in [6.45, 7) is 1.50. The Balaban J connectivity index is 1.86. The molecule has 0 saturated carbocycles. The molecule has 3 rings (SSSR count). The molecular weight excluding hydrogens is 311 g/mol. The second-order valence-electron chi connectivity index (χ2n) is 5.64. The van der Waals surface area contributed by atoms with Gasteiger partial charge in [-0.2, -0.15) is 0 Å². The van der Waals surface area contributed by atoms with Crippen LogP contribution in [0.4, 0.5) is 0 Å². The van der Waals surface area contributed by atoms with Gasteiger partial charge in [0.2, 0.25) is 0 Å². The first-order valence-electron chi connectivity index (χ1n) is 7.17. The van der Waals surface area contributed by atoms with Crippen molar-refractivity contribution in [3.8, 4) is 5.75 Å². The fraction of sp³-hybridized carbons (Fsp3) is 0.533. The molecule has 1 aromatic carbocycles. The van der Waals surface area contributed by atoms with Crippen molar-refractivity contribution in [3.63, 3.8) is 0 Å². The predicted molar refractivity (Wildman–Crippen MR) is 83.5 cm³/mol. The van der Waals surface area contributed by atoms with E-state index in [9.17, 15) is 4.79 Å². The van der Waals surface area contributed by atoms with Gasteiger partial charge in [0.1, 0.15) is 5.75 Å². The van der Waals surface area contributed by atoms with E-state index in [2.05, 4.69) is 5.32 Å². The fourth-order valence-electron chi connectivity index (χ4n) is 3.16. The van der Waals surface area contributed by atoms with E-state index in [4.69, 9.17) is 27.9 Å². The highest BCUT2D eigenvalue weighted by Crippen LogP contribution is 2.32. The van der Waals surface area contributed by atoms with E-state index in [1.165, 1.54) is 13.5 Å². The number of halogens is 2. The van der Waals surface area contributed by atoms with Gasteiger partial charge in [-0.05, 0) is 25.3 Å². The Morgan fingerprint density at radius 2 is 1.95 bits per heavy atom. The maximum Gasteiger partial charge on any atom is 0.257 e. The minimum absolute atomic E-state index is 0.0419. The summed E-state index contributed by atoms with van der Waals surface area (Å²) in [5.74, 6) is 0.427. The molecule has 1 amide bonds. The number of hydrogen-bond donors (Lipinski definition) is 1. The van der Waals surface area contributed by atoms with Crippen molar-refractivity contribution in [1.82, 2.24) is 10.2 Å². The molecule has 0 aromatic heterocycles. The topological polar surface area (TPSA) is 41.6 Å². The van der Waals surface area contributed by atoms with Crippen LogP contribution in [0.15, 0.2) is 12.1 Å². The van der Waals surface area contributed by atoms with E-state index in [1.807, 2.05) is 4.90 Å². The molecule has 2 atom stereocenters. The number of methoxy groups -OCH3 is 1. The molecule has 2 unspecified atom stereocenters. The monoisotopic (exact) mass is 328 g/mol. The number of amides is 1. The summed E-state index contributed by atoms with van der Waals surface area (Å²) in [5.41, 5.74) is 0.477. The van der Waals surface area contributed by atoms with Crippen molar-refractivity contribution in [1.29, 1.82) is 0 Å². The number of likely N-dealkylation sites (tertiary alicyclic amines) is 1. The van der Waals surface area contributed by atoms with Crippen LogP contribution in [0.5, 0.6) is 5.75 Å². The summed E-state index contributed by atoms with van der Waals surface area (Å²) in [6.07, 6.45) is 3.33. The van der Waals surface area contributed by atoms with Crippen LogP contribution >= 0.6 is 23.2 Å². The Bertz CT molecular complexity index is 565. The second-order valence-corrected chi connectivity index (χ2v) is 6.46. The van der Waals surface area contributed by atoms with E-state index in [0.717, 1.165) is 25.9 Å².